The predicted octanol–water partition coefficient (Wildman–Crippen LogP) is 2.78. The summed E-state index contributed by atoms with van der Waals surface area (Å²) in [6.07, 6.45) is 1.74. The molecule has 2 rings (SSSR count). The van der Waals surface area contributed by atoms with Crippen LogP contribution in [0, 0.1) is 0 Å². The molecule has 0 bridgehead atoms. The van der Waals surface area contributed by atoms with Gasteiger partial charge in [0, 0.05) is 18.3 Å². The van der Waals surface area contributed by atoms with E-state index in [1.807, 2.05) is 37.3 Å². The van der Waals surface area contributed by atoms with Gasteiger partial charge in [-0.2, -0.15) is 0 Å². The van der Waals surface area contributed by atoms with E-state index in [0.717, 1.165) is 16.7 Å². The molecule has 17 heavy (non-hydrogen) atoms. The molecule has 0 aliphatic carbocycles. The van der Waals surface area contributed by atoms with Gasteiger partial charge in [0.15, 0.2) is 0 Å². The number of methoxy groups -OCH3 is 1. The van der Waals surface area contributed by atoms with Crippen LogP contribution in [-0.4, -0.2) is 12.1 Å². The molecule has 88 valence electrons. The highest BCUT2D eigenvalue weighted by Crippen LogP contribution is 2.28. The highest BCUT2D eigenvalue weighted by Gasteiger charge is 2.08. The molecular weight excluding hydrogens is 212 g/mol. The summed E-state index contributed by atoms with van der Waals surface area (Å²) < 4.78 is 5.13. The molecule has 0 saturated heterocycles. The molecule has 1 aromatic heterocycles. The largest absolute Gasteiger partial charge is 0.481 e. The van der Waals surface area contributed by atoms with E-state index in [4.69, 9.17) is 10.5 Å². The fraction of sp³-hybridized carbons (Fsp3) is 0.214. The van der Waals surface area contributed by atoms with Crippen LogP contribution in [0.25, 0.3) is 11.1 Å². The van der Waals surface area contributed by atoms with E-state index in [1.165, 1.54) is 0 Å². The van der Waals surface area contributed by atoms with Crippen LogP contribution in [0.15, 0.2) is 42.6 Å². The second kappa shape index (κ2) is 4.97. The van der Waals surface area contributed by atoms with Gasteiger partial charge in [0.2, 0.25) is 5.88 Å². The lowest BCUT2D eigenvalue weighted by Gasteiger charge is -2.13. The van der Waals surface area contributed by atoms with Crippen LogP contribution in [0.2, 0.25) is 0 Å². The summed E-state index contributed by atoms with van der Waals surface area (Å²) in [5.41, 5.74) is 9.30. The molecule has 0 spiro atoms. The summed E-state index contributed by atoms with van der Waals surface area (Å²) in [6, 6.07) is 12.0. The highest BCUT2D eigenvalue weighted by molar-refractivity contribution is 5.68. The summed E-state index contributed by atoms with van der Waals surface area (Å²) in [4.78, 5) is 4.10. The first-order valence-electron chi connectivity index (χ1n) is 5.57. The molecule has 0 radical (unpaired) electrons. The minimum Gasteiger partial charge on any atom is -0.481 e. The molecule has 1 aromatic carbocycles. The van der Waals surface area contributed by atoms with Crippen molar-refractivity contribution in [3.05, 3.63) is 48.2 Å². The Morgan fingerprint density at radius 2 is 2.00 bits per heavy atom. The van der Waals surface area contributed by atoms with Gasteiger partial charge >= 0.3 is 0 Å². The van der Waals surface area contributed by atoms with Crippen molar-refractivity contribution in [1.29, 1.82) is 0 Å². The van der Waals surface area contributed by atoms with Gasteiger partial charge in [-0.05, 0) is 29.7 Å². The van der Waals surface area contributed by atoms with Crippen LogP contribution in [0.3, 0.4) is 0 Å². The summed E-state index contributed by atoms with van der Waals surface area (Å²) in [5, 5.41) is 0. The minimum absolute atomic E-state index is 0.00496. The average molecular weight is 228 g/mol. The number of hydrogen-bond donors (Lipinski definition) is 1. The SMILES string of the molecule is COc1cc(-c2ccccc2C(C)N)ccn1. The fourth-order valence-corrected chi connectivity index (χ4v) is 1.85. The van der Waals surface area contributed by atoms with Crippen molar-refractivity contribution in [2.24, 2.45) is 5.73 Å². The third-order valence-electron chi connectivity index (χ3n) is 2.71. The van der Waals surface area contributed by atoms with Gasteiger partial charge in [-0.25, -0.2) is 4.98 Å². The zero-order valence-electron chi connectivity index (χ0n) is 10.1. The zero-order valence-corrected chi connectivity index (χ0v) is 10.1. The molecule has 2 aromatic rings. The topological polar surface area (TPSA) is 48.1 Å². The molecule has 0 amide bonds. The van der Waals surface area contributed by atoms with Crippen molar-refractivity contribution < 1.29 is 4.74 Å². The number of benzene rings is 1. The molecular formula is C14H16N2O. The summed E-state index contributed by atoms with van der Waals surface area (Å²) in [6.45, 7) is 1.98. The first kappa shape index (κ1) is 11.6. The highest BCUT2D eigenvalue weighted by atomic mass is 16.5. The first-order valence-corrected chi connectivity index (χ1v) is 5.57. The van der Waals surface area contributed by atoms with Gasteiger partial charge in [-0.15, -0.1) is 0 Å². The number of nitrogens with two attached hydrogens (primary N) is 1. The maximum atomic E-state index is 5.98. The lowest BCUT2D eigenvalue weighted by Crippen LogP contribution is -2.06. The zero-order chi connectivity index (χ0) is 12.3. The quantitative estimate of drug-likeness (QED) is 0.878. The van der Waals surface area contributed by atoms with Gasteiger partial charge in [-0.1, -0.05) is 24.3 Å². The third-order valence-corrected chi connectivity index (χ3v) is 2.71. The monoisotopic (exact) mass is 228 g/mol. The van der Waals surface area contributed by atoms with E-state index in [0.29, 0.717) is 5.88 Å². The van der Waals surface area contributed by atoms with E-state index in [2.05, 4.69) is 11.1 Å². The number of pyridine rings is 1. The molecule has 0 saturated carbocycles. The predicted molar refractivity (Wildman–Crippen MR) is 68.8 cm³/mol. The van der Waals surface area contributed by atoms with Crippen molar-refractivity contribution in [3.63, 3.8) is 0 Å². The molecule has 1 heterocycles. The molecule has 3 nitrogen and oxygen atoms in total. The van der Waals surface area contributed by atoms with E-state index in [-0.39, 0.29) is 6.04 Å². The summed E-state index contributed by atoms with van der Waals surface area (Å²) in [7, 11) is 1.61. The summed E-state index contributed by atoms with van der Waals surface area (Å²) in [5.74, 6) is 0.613. The molecule has 0 fully saturated rings. The van der Waals surface area contributed by atoms with E-state index >= 15 is 0 Å². The van der Waals surface area contributed by atoms with Crippen LogP contribution in [0.4, 0.5) is 0 Å². The minimum atomic E-state index is 0.00496. The molecule has 1 unspecified atom stereocenters. The Kier molecular flexibility index (Phi) is 3.40. The molecule has 3 heteroatoms. The van der Waals surface area contributed by atoms with Gasteiger partial charge in [0.1, 0.15) is 0 Å². The summed E-state index contributed by atoms with van der Waals surface area (Å²) >= 11 is 0. The van der Waals surface area contributed by atoms with E-state index < -0.39 is 0 Å². The maximum absolute atomic E-state index is 5.98. The van der Waals surface area contributed by atoms with Crippen LogP contribution in [-0.2, 0) is 0 Å². The second-order valence-electron chi connectivity index (χ2n) is 3.96. The normalized spacial score (nSPS) is 12.2. The van der Waals surface area contributed by atoms with Crippen LogP contribution in [0.5, 0.6) is 5.88 Å². The lowest BCUT2D eigenvalue weighted by atomic mass is 9.97. The number of rotatable bonds is 3. The van der Waals surface area contributed by atoms with Crippen molar-refractivity contribution in [2.75, 3.05) is 7.11 Å². The number of hydrogen-bond acceptors (Lipinski definition) is 3. The van der Waals surface area contributed by atoms with Crippen LogP contribution >= 0.6 is 0 Å². The Morgan fingerprint density at radius 1 is 1.24 bits per heavy atom. The van der Waals surface area contributed by atoms with Gasteiger partial charge in [-0.3, -0.25) is 0 Å². The van der Waals surface area contributed by atoms with Crippen molar-refractivity contribution in [3.8, 4) is 17.0 Å². The third kappa shape index (κ3) is 2.45. The van der Waals surface area contributed by atoms with Crippen molar-refractivity contribution in [1.82, 2.24) is 4.98 Å². The molecule has 0 aliphatic rings. The Labute approximate surface area is 101 Å². The Bertz CT molecular complexity index is 509. The molecule has 0 aliphatic heterocycles. The second-order valence-corrected chi connectivity index (χ2v) is 3.96. The molecule has 2 N–H and O–H groups in total. The van der Waals surface area contributed by atoms with E-state index in [1.54, 1.807) is 13.3 Å². The first-order chi connectivity index (χ1) is 8.22. The number of ether oxygens (including phenoxy) is 1. The van der Waals surface area contributed by atoms with Gasteiger partial charge in [0.25, 0.3) is 0 Å². The lowest BCUT2D eigenvalue weighted by molar-refractivity contribution is 0.398. The van der Waals surface area contributed by atoms with Crippen molar-refractivity contribution in [2.45, 2.75) is 13.0 Å². The van der Waals surface area contributed by atoms with Crippen molar-refractivity contribution >= 4 is 0 Å². The fourth-order valence-electron chi connectivity index (χ4n) is 1.85. The Morgan fingerprint density at radius 3 is 2.71 bits per heavy atom. The van der Waals surface area contributed by atoms with E-state index in [9.17, 15) is 0 Å². The molecule has 1 atom stereocenters. The number of aromatic nitrogens is 1. The smallest absolute Gasteiger partial charge is 0.213 e. The standard InChI is InChI=1S/C14H16N2O/c1-10(15)12-5-3-4-6-13(12)11-7-8-16-14(9-11)17-2/h3-10H,15H2,1-2H3. The van der Waals surface area contributed by atoms with Crippen LogP contribution in [0.1, 0.15) is 18.5 Å². The van der Waals surface area contributed by atoms with Gasteiger partial charge < -0.3 is 10.5 Å². The maximum Gasteiger partial charge on any atom is 0.213 e. The Balaban J connectivity index is 2.52. The average Bonchev–Trinajstić information content (AvgIpc) is 2.39. The Hall–Kier alpha value is -1.87. The van der Waals surface area contributed by atoms with Gasteiger partial charge in [0.05, 0.1) is 7.11 Å². The van der Waals surface area contributed by atoms with Crippen LogP contribution < -0.4 is 10.5 Å². The number of nitrogens with zero attached hydrogens (tertiary/aromatic N) is 1.